The molecule has 1 aliphatic rings. The zero-order valence-electron chi connectivity index (χ0n) is 20.6. The number of carbonyl (C=O) groups is 1. The molecule has 1 fully saturated rings. The van der Waals surface area contributed by atoms with Crippen LogP contribution in [0.4, 0.5) is 4.39 Å². The highest BCUT2D eigenvalue weighted by Crippen LogP contribution is 2.50. The van der Waals surface area contributed by atoms with E-state index in [0.717, 1.165) is 24.0 Å². The molecule has 188 valence electrons. The highest BCUT2D eigenvalue weighted by molar-refractivity contribution is 5.76. The minimum absolute atomic E-state index is 0.0691. The van der Waals surface area contributed by atoms with Crippen molar-refractivity contribution in [1.82, 2.24) is 24.8 Å². The van der Waals surface area contributed by atoms with Gasteiger partial charge >= 0.3 is 0 Å². The van der Waals surface area contributed by atoms with E-state index in [1.54, 1.807) is 37.2 Å². The molecule has 0 bridgehead atoms. The lowest BCUT2D eigenvalue weighted by atomic mass is 9.76. The van der Waals surface area contributed by atoms with Gasteiger partial charge in [-0.3, -0.25) is 9.48 Å². The van der Waals surface area contributed by atoms with Gasteiger partial charge in [-0.25, -0.2) is 4.39 Å². The van der Waals surface area contributed by atoms with Gasteiger partial charge in [0.2, 0.25) is 5.91 Å². The van der Waals surface area contributed by atoms with Gasteiger partial charge in [0, 0.05) is 20.3 Å². The summed E-state index contributed by atoms with van der Waals surface area (Å²) in [5, 5.41) is 8.56. The molecule has 0 unspecified atom stereocenters. The molecule has 2 heterocycles. The van der Waals surface area contributed by atoms with E-state index < -0.39 is 11.2 Å². The second-order valence-corrected chi connectivity index (χ2v) is 9.30. The van der Waals surface area contributed by atoms with Crippen molar-refractivity contribution in [3.63, 3.8) is 0 Å². The minimum atomic E-state index is -0.703. The Bertz CT molecular complexity index is 1330. The fourth-order valence-corrected chi connectivity index (χ4v) is 4.09. The summed E-state index contributed by atoms with van der Waals surface area (Å²) in [4.78, 5) is 18.2. The molecule has 2 aromatic heterocycles. The van der Waals surface area contributed by atoms with Crippen molar-refractivity contribution in [1.29, 1.82) is 0 Å². The van der Waals surface area contributed by atoms with E-state index in [0.29, 0.717) is 28.8 Å². The minimum Gasteiger partial charge on any atom is -0.383 e. The summed E-state index contributed by atoms with van der Waals surface area (Å²) in [6.07, 6.45) is 8.23. The molecule has 4 rings (SSSR count). The molecular formula is C26H30FN7O2. The van der Waals surface area contributed by atoms with Crippen LogP contribution in [0.2, 0.25) is 0 Å². The summed E-state index contributed by atoms with van der Waals surface area (Å²) in [5.74, 6) is 0.131. The Labute approximate surface area is 209 Å². The van der Waals surface area contributed by atoms with E-state index in [4.69, 9.17) is 21.0 Å². The fraction of sp³-hybridized carbons (Fsp3) is 0.308. The summed E-state index contributed by atoms with van der Waals surface area (Å²) in [6, 6.07) is 7.77. The van der Waals surface area contributed by atoms with Crippen LogP contribution in [0, 0.1) is 5.92 Å². The highest BCUT2D eigenvalue weighted by atomic mass is 19.1. The lowest BCUT2D eigenvalue weighted by Gasteiger charge is -2.27. The average Bonchev–Trinajstić information content (AvgIpc) is 3.42. The standard InChI is InChI=1S/C26H30FN7O2/c1-5-16(12-21(27)23(28)29)17-6-8-19(9-7-17)26(2,20-10-11-20)25-31-24(36-32-25)18-13-30-34(14-18)15-22(35)33(3)4/h5-9,12-14,20H,1,10-11,15,28-29H2,2-4H3/b16-12+/t26-/m0/s1. The number of rotatable bonds is 9. The maximum atomic E-state index is 13.9. The van der Waals surface area contributed by atoms with Crippen molar-refractivity contribution in [3.8, 4) is 11.5 Å². The van der Waals surface area contributed by atoms with Crippen LogP contribution in [-0.2, 0) is 16.8 Å². The van der Waals surface area contributed by atoms with Crippen molar-refractivity contribution in [2.75, 3.05) is 14.1 Å². The second-order valence-electron chi connectivity index (χ2n) is 9.30. The molecule has 1 aromatic carbocycles. The van der Waals surface area contributed by atoms with E-state index in [1.165, 1.54) is 11.0 Å². The van der Waals surface area contributed by atoms with E-state index in [-0.39, 0.29) is 18.3 Å². The van der Waals surface area contributed by atoms with Crippen LogP contribution in [0.25, 0.3) is 17.0 Å². The summed E-state index contributed by atoms with van der Waals surface area (Å²) in [7, 11) is 3.39. The number of hydrogen-bond donors (Lipinski definition) is 2. The quantitative estimate of drug-likeness (QED) is 0.439. The van der Waals surface area contributed by atoms with Crippen LogP contribution < -0.4 is 11.5 Å². The van der Waals surface area contributed by atoms with Gasteiger partial charge in [-0.1, -0.05) is 42.1 Å². The lowest BCUT2D eigenvalue weighted by Crippen LogP contribution is -2.28. The molecule has 36 heavy (non-hydrogen) atoms. The molecule has 1 amide bonds. The third kappa shape index (κ3) is 4.93. The summed E-state index contributed by atoms with van der Waals surface area (Å²) in [6.45, 7) is 6.00. The smallest absolute Gasteiger partial charge is 0.261 e. The normalized spacial score (nSPS) is 15.3. The number of halogens is 1. The average molecular weight is 492 g/mol. The van der Waals surface area contributed by atoms with E-state index in [1.807, 2.05) is 24.3 Å². The van der Waals surface area contributed by atoms with Crippen molar-refractivity contribution < 1.29 is 13.7 Å². The number of carbonyl (C=O) groups excluding carboxylic acids is 1. The maximum absolute atomic E-state index is 13.9. The Morgan fingerprint density at radius 3 is 2.58 bits per heavy atom. The number of likely N-dealkylation sites (N-methyl/N-ethyl adjacent to an activating group) is 1. The molecule has 9 nitrogen and oxygen atoms in total. The Hall–Kier alpha value is -4.21. The molecule has 10 heteroatoms. The Kier molecular flexibility index (Phi) is 6.78. The molecule has 0 aliphatic heterocycles. The zero-order chi connectivity index (χ0) is 26.0. The van der Waals surface area contributed by atoms with Crippen molar-refractivity contribution in [2.45, 2.75) is 31.7 Å². The highest BCUT2D eigenvalue weighted by Gasteiger charge is 2.47. The summed E-state index contributed by atoms with van der Waals surface area (Å²) < 4.78 is 21.1. The Morgan fingerprint density at radius 1 is 1.31 bits per heavy atom. The Morgan fingerprint density at radius 2 is 2.00 bits per heavy atom. The number of amides is 1. The summed E-state index contributed by atoms with van der Waals surface area (Å²) in [5.41, 5.74) is 13.2. The van der Waals surface area contributed by atoms with Gasteiger partial charge in [0.05, 0.1) is 17.2 Å². The first-order valence-electron chi connectivity index (χ1n) is 11.6. The number of aromatic nitrogens is 4. The number of hydrogen-bond acceptors (Lipinski definition) is 7. The largest absolute Gasteiger partial charge is 0.383 e. The van der Waals surface area contributed by atoms with Gasteiger partial charge < -0.3 is 20.9 Å². The van der Waals surface area contributed by atoms with Gasteiger partial charge in [0.1, 0.15) is 12.4 Å². The fourth-order valence-electron chi connectivity index (χ4n) is 4.09. The number of allylic oxidation sites excluding steroid dienone is 4. The van der Waals surface area contributed by atoms with Gasteiger partial charge in [-0.15, -0.1) is 0 Å². The third-order valence-electron chi connectivity index (χ3n) is 6.56. The zero-order valence-corrected chi connectivity index (χ0v) is 20.6. The SMILES string of the molecule is C=C/C(=C\C(F)=C(N)N)c1ccc([C@](C)(c2noc(-c3cnn(CC(=O)N(C)C)c3)n2)C2CC2)cc1. The molecule has 1 aliphatic carbocycles. The molecule has 3 aromatic rings. The van der Waals surface area contributed by atoms with Crippen molar-refractivity contribution in [3.05, 3.63) is 84.0 Å². The Balaban J connectivity index is 1.62. The van der Waals surface area contributed by atoms with Gasteiger partial charge in [-0.05, 0) is 48.5 Å². The van der Waals surface area contributed by atoms with Crippen LogP contribution in [0.1, 0.15) is 36.7 Å². The number of benzene rings is 1. The number of nitrogens with two attached hydrogens (primary N) is 2. The first kappa shape index (κ1) is 24.9. The first-order chi connectivity index (χ1) is 17.1. The second kappa shape index (κ2) is 9.80. The molecule has 0 radical (unpaired) electrons. The first-order valence-corrected chi connectivity index (χ1v) is 11.6. The molecule has 0 saturated heterocycles. The van der Waals surface area contributed by atoms with Gasteiger partial charge in [0.15, 0.2) is 11.7 Å². The predicted octanol–water partition coefficient (Wildman–Crippen LogP) is 3.36. The van der Waals surface area contributed by atoms with E-state index in [2.05, 4.69) is 23.8 Å². The van der Waals surface area contributed by atoms with Crippen LogP contribution in [0.3, 0.4) is 0 Å². The van der Waals surface area contributed by atoms with Crippen LogP contribution in [-0.4, -0.2) is 44.8 Å². The lowest BCUT2D eigenvalue weighted by molar-refractivity contribution is -0.129. The predicted molar refractivity (Wildman–Crippen MR) is 135 cm³/mol. The number of nitrogens with zero attached hydrogens (tertiary/aromatic N) is 5. The molecule has 1 atom stereocenters. The molecule has 0 spiro atoms. The molecule has 1 saturated carbocycles. The van der Waals surface area contributed by atoms with Crippen LogP contribution in [0.5, 0.6) is 0 Å². The topological polar surface area (TPSA) is 129 Å². The van der Waals surface area contributed by atoms with Crippen LogP contribution >= 0.6 is 0 Å². The molecule has 4 N–H and O–H groups in total. The van der Waals surface area contributed by atoms with Gasteiger partial charge in [-0.2, -0.15) is 10.1 Å². The maximum Gasteiger partial charge on any atom is 0.261 e. The van der Waals surface area contributed by atoms with Crippen molar-refractivity contribution >= 4 is 11.5 Å². The van der Waals surface area contributed by atoms with Gasteiger partial charge in [0.25, 0.3) is 5.89 Å². The summed E-state index contributed by atoms with van der Waals surface area (Å²) >= 11 is 0. The molecular weight excluding hydrogens is 461 g/mol. The van der Waals surface area contributed by atoms with Crippen LogP contribution in [0.15, 0.2) is 71.6 Å². The third-order valence-corrected chi connectivity index (χ3v) is 6.56. The van der Waals surface area contributed by atoms with Crippen molar-refractivity contribution in [2.24, 2.45) is 17.4 Å². The van der Waals surface area contributed by atoms with E-state index >= 15 is 0 Å². The monoisotopic (exact) mass is 491 g/mol. The van der Waals surface area contributed by atoms with E-state index in [9.17, 15) is 9.18 Å².